The van der Waals surface area contributed by atoms with Gasteiger partial charge in [-0.3, -0.25) is 0 Å². The SMILES string of the molecule is [2H]Oc1cc(O)cc(CCCCC)c1. The predicted molar refractivity (Wildman–Crippen MR) is 53.0 cm³/mol. The van der Waals surface area contributed by atoms with Crippen LogP contribution < -0.4 is 0 Å². The number of hydrogen-bond donors (Lipinski definition) is 2. The Balaban J connectivity index is 2.62. The molecule has 0 aliphatic heterocycles. The van der Waals surface area contributed by atoms with E-state index in [2.05, 4.69) is 12.0 Å². The normalized spacial score (nSPS) is 11.0. The molecule has 2 nitrogen and oxygen atoms in total. The van der Waals surface area contributed by atoms with Crippen LogP contribution in [0.4, 0.5) is 0 Å². The monoisotopic (exact) mass is 181 g/mol. The largest absolute Gasteiger partial charge is 0.508 e. The summed E-state index contributed by atoms with van der Waals surface area (Å²) in [7, 11) is 0. The lowest BCUT2D eigenvalue weighted by Crippen LogP contribution is -1.84. The predicted octanol–water partition coefficient (Wildman–Crippen LogP) is 2.83. The molecular formula is C11H16O2. The summed E-state index contributed by atoms with van der Waals surface area (Å²) >= 11 is 0. The fourth-order valence-electron chi connectivity index (χ4n) is 1.37. The maximum atomic E-state index is 9.32. The number of phenols is 2. The lowest BCUT2D eigenvalue weighted by molar-refractivity contribution is 0.449. The van der Waals surface area contributed by atoms with Gasteiger partial charge >= 0.3 is 0 Å². The van der Waals surface area contributed by atoms with Crippen molar-refractivity contribution in [2.75, 3.05) is 0 Å². The Hall–Kier alpha value is -1.18. The van der Waals surface area contributed by atoms with Crippen LogP contribution in [-0.4, -0.2) is 11.6 Å². The minimum Gasteiger partial charge on any atom is -0.508 e. The molecule has 0 atom stereocenters. The van der Waals surface area contributed by atoms with Gasteiger partial charge in [0.1, 0.15) is 11.5 Å². The maximum Gasteiger partial charge on any atom is 0.293 e. The summed E-state index contributed by atoms with van der Waals surface area (Å²) in [4.78, 5) is 0. The van der Waals surface area contributed by atoms with Crippen molar-refractivity contribution in [3.63, 3.8) is 0 Å². The molecule has 0 radical (unpaired) electrons. The first-order valence-corrected chi connectivity index (χ1v) is 4.72. The Morgan fingerprint density at radius 1 is 1.23 bits per heavy atom. The van der Waals surface area contributed by atoms with E-state index in [1.807, 2.05) is 0 Å². The number of phenolic OH excluding ortho intramolecular Hbond substituents is 2. The highest BCUT2D eigenvalue weighted by Crippen LogP contribution is 2.21. The summed E-state index contributed by atoms with van der Waals surface area (Å²) in [6, 6.07) is 4.96. The van der Waals surface area contributed by atoms with Gasteiger partial charge in [0.2, 0.25) is 0 Å². The van der Waals surface area contributed by atoms with Crippen molar-refractivity contribution in [2.45, 2.75) is 32.6 Å². The van der Waals surface area contributed by atoms with Gasteiger partial charge in [0, 0.05) is 6.07 Å². The zero-order valence-corrected chi connectivity index (χ0v) is 7.92. The van der Waals surface area contributed by atoms with Crippen molar-refractivity contribution in [1.82, 2.24) is 0 Å². The zero-order valence-electron chi connectivity index (χ0n) is 8.92. The van der Waals surface area contributed by atoms with Crippen molar-refractivity contribution in [3.05, 3.63) is 23.8 Å². The second-order valence-corrected chi connectivity index (χ2v) is 3.29. The molecule has 0 unspecified atom stereocenters. The molecule has 72 valence electrons. The van der Waals surface area contributed by atoms with Crippen molar-refractivity contribution in [3.8, 4) is 11.5 Å². The fraction of sp³-hybridized carbons (Fsp3) is 0.455. The standard InChI is InChI=1S/C11H16O2/c1-2-3-4-5-9-6-10(12)8-11(13)7-9/h6-8,12-13H,2-5H2,1H3/i/hD. The highest BCUT2D eigenvalue weighted by Gasteiger charge is 1.98. The smallest absolute Gasteiger partial charge is 0.293 e. The van der Waals surface area contributed by atoms with E-state index in [4.69, 9.17) is 1.43 Å². The van der Waals surface area contributed by atoms with Crippen molar-refractivity contribution < 1.29 is 10.2 Å². The van der Waals surface area contributed by atoms with Gasteiger partial charge in [-0.05, 0) is 30.5 Å². The number of unbranched alkanes of at least 4 members (excludes halogenated alkanes) is 2. The lowest BCUT2D eigenvalue weighted by atomic mass is 10.1. The highest BCUT2D eigenvalue weighted by atomic mass is 16.3. The van der Waals surface area contributed by atoms with Gasteiger partial charge in [-0.2, -0.15) is 0 Å². The summed E-state index contributed by atoms with van der Waals surface area (Å²) in [5.41, 5.74) is 1.03. The first-order chi connectivity index (χ1) is 6.76. The molecule has 0 heterocycles. The topological polar surface area (TPSA) is 40.5 Å². The van der Waals surface area contributed by atoms with E-state index in [0.717, 1.165) is 18.4 Å². The van der Waals surface area contributed by atoms with Gasteiger partial charge in [0.05, 0.1) is 0 Å². The van der Waals surface area contributed by atoms with Crippen molar-refractivity contribution >= 4 is 0 Å². The van der Waals surface area contributed by atoms with Gasteiger partial charge in [-0.15, -0.1) is 0 Å². The molecule has 0 aliphatic carbocycles. The Bertz CT molecular complexity index is 287. The molecule has 1 aromatic rings. The minimum absolute atomic E-state index is 0.168. The summed E-state index contributed by atoms with van der Waals surface area (Å²) < 4.78 is 6.74. The van der Waals surface area contributed by atoms with E-state index < -0.39 is 0 Å². The Morgan fingerprint density at radius 2 is 2.00 bits per heavy atom. The highest BCUT2D eigenvalue weighted by molar-refractivity contribution is 5.36. The van der Waals surface area contributed by atoms with Gasteiger partial charge in [0.25, 0.3) is 1.43 Å². The van der Waals surface area contributed by atoms with Crippen LogP contribution in [0.2, 0.25) is 0 Å². The molecular weight excluding hydrogens is 164 g/mol. The molecule has 0 saturated heterocycles. The second-order valence-electron chi connectivity index (χ2n) is 3.29. The summed E-state index contributed by atoms with van der Waals surface area (Å²) in [5.74, 6) is 0.567. The van der Waals surface area contributed by atoms with Crippen LogP contribution in [0.15, 0.2) is 18.2 Å². The first kappa shape index (κ1) is 8.42. The molecule has 0 bridgehead atoms. The Labute approximate surface area is 80.3 Å². The molecule has 0 aliphatic rings. The van der Waals surface area contributed by atoms with E-state index >= 15 is 0 Å². The second kappa shape index (κ2) is 4.75. The van der Waals surface area contributed by atoms with Crippen LogP contribution in [-0.2, 0) is 6.42 Å². The van der Waals surface area contributed by atoms with Crippen molar-refractivity contribution in [2.24, 2.45) is 0 Å². The van der Waals surface area contributed by atoms with E-state index in [1.165, 1.54) is 18.9 Å². The average Bonchev–Trinajstić information content (AvgIpc) is 2.17. The number of hydrogen-bond acceptors (Lipinski definition) is 2. The average molecular weight is 181 g/mol. The van der Waals surface area contributed by atoms with E-state index in [9.17, 15) is 5.11 Å². The molecule has 0 spiro atoms. The Morgan fingerprint density at radius 3 is 2.69 bits per heavy atom. The molecule has 0 saturated carbocycles. The molecule has 0 fully saturated rings. The number of benzene rings is 1. The molecule has 2 N–H and O–H groups in total. The summed E-state index contributed by atoms with van der Waals surface area (Å²) in [6.07, 6.45) is 4.41. The number of aryl methyl sites for hydroxylation is 1. The van der Waals surface area contributed by atoms with Gasteiger partial charge in [0.15, 0.2) is 0 Å². The van der Waals surface area contributed by atoms with E-state index in [0.29, 0.717) is 5.75 Å². The first-order valence-electron chi connectivity index (χ1n) is 5.13. The molecule has 1 rings (SSSR count). The van der Waals surface area contributed by atoms with Gasteiger partial charge in [-0.1, -0.05) is 19.8 Å². The maximum absolute atomic E-state index is 9.32. The summed E-state index contributed by atoms with van der Waals surface area (Å²) in [6.45, 7) is 2.15. The van der Waals surface area contributed by atoms with Gasteiger partial charge in [-0.25, -0.2) is 0 Å². The van der Waals surface area contributed by atoms with Gasteiger partial charge < -0.3 is 10.2 Å². The van der Waals surface area contributed by atoms with Crippen molar-refractivity contribution in [1.29, 1.82) is 1.43 Å². The molecule has 13 heavy (non-hydrogen) atoms. The number of aromatic hydroxyl groups is 2. The van der Waals surface area contributed by atoms with Crippen LogP contribution in [0.3, 0.4) is 0 Å². The molecule has 2 heteroatoms. The summed E-state index contributed by atoms with van der Waals surface area (Å²) in [5, 5.41) is 13.7. The zero-order chi connectivity index (χ0) is 10.4. The van der Waals surface area contributed by atoms with Crippen LogP contribution in [0.25, 0.3) is 0 Å². The van der Waals surface area contributed by atoms with E-state index in [1.54, 1.807) is 12.1 Å². The lowest BCUT2D eigenvalue weighted by Gasteiger charge is -2.02. The van der Waals surface area contributed by atoms with E-state index in [-0.39, 0.29) is 5.75 Å². The third kappa shape index (κ3) is 3.36. The molecule has 0 aromatic heterocycles. The van der Waals surface area contributed by atoms with Crippen LogP contribution in [0.1, 0.15) is 31.7 Å². The van der Waals surface area contributed by atoms with Crippen LogP contribution in [0, 0.1) is 0 Å². The minimum atomic E-state index is 0.168. The van der Waals surface area contributed by atoms with Crippen LogP contribution >= 0.6 is 0 Å². The fourth-order valence-corrected chi connectivity index (χ4v) is 1.37. The third-order valence-corrected chi connectivity index (χ3v) is 2.02. The molecule has 1 aromatic carbocycles. The molecule has 0 amide bonds. The Kier molecular flexibility index (Phi) is 3.08. The van der Waals surface area contributed by atoms with Crippen LogP contribution in [0.5, 0.6) is 11.5 Å². The quantitative estimate of drug-likeness (QED) is 0.686. The third-order valence-electron chi connectivity index (χ3n) is 2.02. The number of rotatable bonds is 5.